The van der Waals surface area contributed by atoms with E-state index >= 15 is 0 Å². The Labute approximate surface area is 106 Å². The second-order valence-corrected chi connectivity index (χ2v) is 4.54. The van der Waals surface area contributed by atoms with Crippen LogP contribution < -0.4 is 11.1 Å². The third-order valence-corrected chi connectivity index (χ3v) is 2.83. The van der Waals surface area contributed by atoms with E-state index in [1.54, 1.807) is 6.07 Å². The number of nitrogens with two attached hydrogens (primary N) is 1. The Bertz CT molecular complexity index is 421. The minimum absolute atomic E-state index is 0.0266. The molecule has 0 aromatic heterocycles. The van der Waals surface area contributed by atoms with E-state index in [0.29, 0.717) is 23.7 Å². The standard InChI is InChI=1S/C12H19N3O3/c1-8(2)11(5-6-16)14-12-4-3-9(15(17)18)7-10(12)13/h3-4,7-8,11,14,16H,5-6,13H2,1-2H3. The van der Waals surface area contributed by atoms with Crippen LogP contribution in [0, 0.1) is 16.0 Å². The van der Waals surface area contributed by atoms with Gasteiger partial charge in [0.2, 0.25) is 0 Å². The van der Waals surface area contributed by atoms with Crippen LogP contribution in [0.15, 0.2) is 18.2 Å². The van der Waals surface area contributed by atoms with Crippen molar-refractivity contribution in [2.45, 2.75) is 26.3 Å². The van der Waals surface area contributed by atoms with Gasteiger partial charge in [-0.15, -0.1) is 0 Å². The molecular weight excluding hydrogens is 234 g/mol. The maximum Gasteiger partial charge on any atom is 0.271 e. The van der Waals surface area contributed by atoms with Gasteiger partial charge in [-0.3, -0.25) is 10.1 Å². The van der Waals surface area contributed by atoms with Crippen LogP contribution in [0.3, 0.4) is 0 Å². The maximum atomic E-state index is 10.6. The van der Waals surface area contributed by atoms with E-state index in [1.807, 2.05) is 13.8 Å². The van der Waals surface area contributed by atoms with Crippen LogP contribution in [-0.4, -0.2) is 22.7 Å². The zero-order valence-corrected chi connectivity index (χ0v) is 10.6. The fourth-order valence-corrected chi connectivity index (χ4v) is 1.71. The monoisotopic (exact) mass is 253 g/mol. The van der Waals surface area contributed by atoms with Crippen LogP contribution in [0.4, 0.5) is 17.1 Å². The highest BCUT2D eigenvalue weighted by Gasteiger charge is 2.15. The lowest BCUT2D eigenvalue weighted by Gasteiger charge is -2.23. The molecule has 18 heavy (non-hydrogen) atoms. The van der Waals surface area contributed by atoms with Crippen molar-refractivity contribution in [3.63, 3.8) is 0 Å². The van der Waals surface area contributed by atoms with Crippen molar-refractivity contribution < 1.29 is 10.0 Å². The smallest absolute Gasteiger partial charge is 0.271 e. The molecule has 0 amide bonds. The highest BCUT2D eigenvalue weighted by molar-refractivity contribution is 5.69. The van der Waals surface area contributed by atoms with Crippen LogP contribution in [0.2, 0.25) is 0 Å². The number of nitrogens with one attached hydrogen (secondary N) is 1. The molecule has 4 N–H and O–H groups in total. The Balaban J connectivity index is 2.86. The molecule has 0 spiro atoms. The number of nitro groups is 1. The van der Waals surface area contributed by atoms with Crippen LogP contribution >= 0.6 is 0 Å². The molecule has 6 nitrogen and oxygen atoms in total. The molecular formula is C12H19N3O3. The quantitative estimate of drug-likeness (QED) is 0.409. The molecule has 1 aromatic rings. The third-order valence-electron chi connectivity index (χ3n) is 2.83. The zero-order valence-electron chi connectivity index (χ0n) is 10.6. The van der Waals surface area contributed by atoms with Crippen molar-refractivity contribution in [3.8, 4) is 0 Å². The predicted molar refractivity (Wildman–Crippen MR) is 71.5 cm³/mol. The summed E-state index contributed by atoms with van der Waals surface area (Å²) in [5.41, 5.74) is 6.75. The second kappa shape index (κ2) is 6.20. The fourth-order valence-electron chi connectivity index (χ4n) is 1.71. The van der Waals surface area contributed by atoms with Crippen molar-refractivity contribution in [1.82, 2.24) is 0 Å². The molecule has 0 aliphatic rings. The molecule has 0 heterocycles. The van der Waals surface area contributed by atoms with Gasteiger partial charge >= 0.3 is 0 Å². The highest BCUT2D eigenvalue weighted by Crippen LogP contribution is 2.26. The molecule has 0 bridgehead atoms. The summed E-state index contributed by atoms with van der Waals surface area (Å²) < 4.78 is 0. The van der Waals surface area contributed by atoms with E-state index in [9.17, 15) is 10.1 Å². The lowest BCUT2D eigenvalue weighted by atomic mass is 10.0. The molecule has 0 fully saturated rings. The van der Waals surface area contributed by atoms with Gasteiger partial charge in [-0.1, -0.05) is 13.8 Å². The van der Waals surface area contributed by atoms with Crippen LogP contribution in [0.1, 0.15) is 20.3 Å². The topological polar surface area (TPSA) is 101 Å². The number of hydrogen-bond donors (Lipinski definition) is 3. The molecule has 0 aliphatic carbocycles. The molecule has 100 valence electrons. The van der Waals surface area contributed by atoms with Gasteiger partial charge in [-0.05, 0) is 18.4 Å². The summed E-state index contributed by atoms with van der Waals surface area (Å²) in [7, 11) is 0. The number of aliphatic hydroxyl groups excluding tert-OH is 1. The number of non-ortho nitro benzene ring substituents is 1. The minimum atomic E-state index is -0.478. The number of hydrogen-bond acceptors (Lipinski definition) is 5. The zero-order chi connectivity index (χ0) is 13.7. The summed E-state index contributed by atoms with van der Waals surface area (Å²) in [5.74, 6) is 0.326. The van der Waals surface area contributed by atoms with Crippen LogP contribution in [-0.2, 0) is 0 Å². The summed E-state index contributed by atoms with van der Waals surface area (Å²) >= 11 is 0. The summed E-state index contributed by atoms with van der Waals surface area (Å²) in [6, 6.07) is 4.42. The van der Waals surface area contributed by atoms with E-state index < -0.39 is 4.92 Å². The maximum absolute atomic E-state index is 10.6. The first kappa shape index (κ1) is 14.2. The number of nitrogens with zero attached hydrogens (tertiary/aromatic N) is 1. The number of benzene rings is 1. The van der Waals surface area contributed by atoms with Gasteiger partial charge in [0.05, 0.1) is 16.3 Å². The van der Waals surface area contributed by atoms with Gasteiger partial charge in [0, 0.05) is 24.8 Å². The lowest BCUT2D eigenvalue weighted by Crippen LogP contribution is -2.27. The largest absolute Gasteiger partial charge is 0.397 e. The van der Waals surface area contributed by atoms with Crippen molar-refractivity contribution in [1.29, 1.82) is 0 Å². The number of rotatable bonds is 6. The average Bonchev–Trinajstić information content (AvgIpc) is 2.30. The molecule has 1 atom stereocenters. The van der Waals surface area contributed by atoms with Gasteiger partial charge in [0.25, 0.3) is 5.69 Å². The molecule has 1 rings (SSSR count). The Hall–Kier alpha value is -1.82. The number of nitro benzene ring substituents is 1. The summed E-state index contributed by atoms with van der Waals surface area (Å²) in [5, 5.41) is 22.8. The van der Waals surface area contributed by atoms with Crippen LogP contribution in [0.25, 0.3) is 0 Å². The molecule has 0 radical (unpaired) electrons. The predicted octanol–water partition coefficient (Wildman–Crippen LogP) is 2.00. The second-order valence-electron chi connectivity index (χ2n) is 4.54. The van der Waals surface area contributed by atoms with Gasteiger partial charge in [0.15, 0.2) is 0 Å². The van der Waals surface area contributed by atoms with Crippen molar-refractivity contribution in [3.05, 3.63) is 28.3 Å². The van der Waals surface area contributed by atoms with E-state index in [-0.39, 0.29) is 18.3 Å². The summed E-state index contributed by atoms with van der Waals surface area (Å²) in [6.45, 7) is 4.16. The summed E-state index contributed by atoms with van der Waals surface area (Å²) in [4.78, 5) is 10.1. The minimum Gasteiger partial charge on any atom is -0.397 e. The Morgan fingerprint density at radius 2 is 2.17 bits per heavy atom. The lowest BCUT2D eigenvalue weighted by molar-refractivity contribution is -0.384. The van der Waals surface area contributed by atoms with E-state index in [2.05, 4.69) is 5.32 Å². The van der Waals surface area contributed by atoms with Crippen molar-refractivity contribution in [2.24, 2.45) is 5.92 Å². The average molecular weight is 253 g/mol. The van der Waals surface area contributed by atoms with Crippen molar-refractivity contribution in [2.75, 3.05) is 17.7 Å². The van der Waals surface area contributed by atoms with Gasteiger partial charge in [0.1, 0.15) is 0 Å². The Morgan fingerprint density at radius 1 is 1.50 bits per heavy atom. The molecule has 1 aromatic carbocycles. The SMILES string of the molecule is CC(C)C(CCO)Nc1ccc([N+](=O)[O-])cc1N. The van der Waals surface area contributed by atoms with Gasteiger partial charge in [-0.25, -0.2) is 0 Å². The normalized spacial score (nSPS) is 12.4. The third kappa shape index (κ3) is 3.59. The van der Waals surface area contributed by atoms with Crippen molar-refractivity contribution >= 4 is 17.1 Å². The first-order valence-corrected chi connectivity index (χ1v) is 5.87. The van der Waals surface area contributed by atoms with E-state index in [0.717, 1.165) is 0 Å². The molecule has 1 unspecified atom stereocenters. The van der Waals surface area contributed by atoms with E-state index in [4.69, 9.17) is 10.8 Å². The fraction of sp³-hybridized carbons (Fsp3) is 0.500. The molecule has 6 heteroatoms. The molecule has 0 aliphatic heterocycles. The summed E-state index contributed by atoms with van der Waals surface area (Å²) in [6.07, 6.45) is 0.605. The first-order valence-electron chi connectivity index (χ1n) is 5.87. The number of aliphatic hydroxyl groups is 1. The Morgan fingerprint density at radius 3 is 2.61 bits per heavy atom. The van der Waals surface area contributed by atoms with Crippen LogP contribution in [0.5, 0.6) is 0 Å². The number of anilines is 2. The highest BCUT2D eigenvalue weighted by atomic mass is 16.6. The number of nitrogen functional groups attached to an aromatic ring is 1. The molecule has 0 saturated heterocycles. The Kier molecular flexibility index (Phi) is 4.91. The van der Waals surface area contributed by atoms with Gasteiger partial charge < -0.3 is 16.2 Å². The molecule has 0 saturated carbocycles. The van der Waals surface area contributed by atoms with Gasteiger partial charge in [-0.2, -0.15) is 0 Å². The van der Waals surface area contributed by atoms with E-state index in [1.165, 1.54) is 12.1 Å². The first-order chi connectivity index (χ1) is 8.45.